The number of aryl methyl sites for hydroxylation is 1. The third-order valence-electron chi connectivity index (χ3n) is 2.33. The van der Waals surface area contributed by atoms with Gasteiger partial charge in [-0.2, -0.15) is 0 Å². The largest absolute Gasteiger partial charge is 0.349 e. The topological polar surface area (TPSA) is 29.1 Å². The van der Waals surface area contributed by atoms with Crippen molar-refractivity contribution in [2.75, 3.05) is 0 Å². The smallest absolute Gasteiger partial charge is 0.251 e. The Balaban J connectivity index is 2.14. The molecule has 0 bridgehead atoms. The second-order valence-corrected chi connectivity index (χ2v) is 4.87. The van der Waals surface area contributed by atoms with Crippen molar-refractivity contribution in [2.24, 2.45) is 0 Å². The molecule has 0 aromatic heterocycles. The van der Waals surface area contributed by atoms with Gasteiger partial charge in [0.2, 0.25) is 0 Å². The van der Waals surface area contributed by atoms with Gasteiger partial charge < -0.3 is 5.32 Å². The minimum Gasteiger partial charge on any atom is -0.349 e. The lowest BCUT2D eigenvalue weighted by atomic mass is 10.1. The Morgan fingerprint density at radius 2 is 2.21 bits per heavy atom. The SMILES string of the molecule is Cc1cc(C(=O)NC2CC2)ccc1I. The molecule has 0 saturated heterocycles. The molecule has 0 radical (unpaired) electrons. The van der Waals surface area contributed by atoms with Gasteiger partial charge in [0, 0.05) is 15.2 Å². The van der Waals surface area contributed by atoms with Crippen LogP contribution in [0.3, 0.4) is 0 Å². The Kier molecular flexibility index (Phi) is 2.76. The van der Waals surface area contributed by atoms with E-state index in [4.69, 9.17) is 0 Å². The molecule has 74 valence electrons. The van der Waals surface area contributed by atoms with Gasteiger partial charge in [-0.3, -0.25) is 4.79 Å². The first-order valence-electron chi connectivity index (χ1n) is 4.74. The van der Waals surface area contributed by atoms with Crippen LogP contribution in [0, 0.1) is 10.5 Å². The zero-order chi connectivity index (χ0) is 10.1. The number of benzene rings is 1. The van der Waals surface area contributed by atoms with Gasteiger partial charge in [-0.15, -0.1) is 0 Å². The van der Waals surface area contributed by atoms with Crippen LogP contribution in [0.15, 0.2) is 18.2 Å². The highest BCUT2D eigenvalue weighted by molar-refractivity contribution is 14.1. The maximum atomic E-state index is 11.6. The fourth-order valence-corrected chi connectivity index (χ4v) is 1.62. The van der Waals surface area contributed by atoms with E-state index in [2.05, 4.69) is 27.9 Å². The van der Waals surface area contributed by atoms with Gasteiger partial charge >= 0.3 is 0 Å². The van der Waals surface area contributed by atoms with E-state index in [-0.39, 0.29) is 5.91 Å². The summed E-state index contributed by atoms with van der Waals surface area (Å²) in [6.45, 7) is 2.02. The average Bonchev–Trinajstić information content (AvgIpc) is 2.93. The predicted octanol–water partition coefficient (Wildman–Crippen LogP) is 2.49. The lowest BCUT2D eigenvalue weighted by Crippen LogP contribution is -2.25. The molecule has 1 aromatic carbocycles. The van der Waals surface area contributed by atoms with E-state index in [0.29, 0.717) is 6.04 Å². The molecule has 1 amide bonds. The van der Waals surface area contributed by atoms with Crippen LogP contribution < -0.4 is 5.32 Å². The Hall–Kier alpha value is -0.580. The molecule has 1 saturated carbocycles. The first-order valence-corrected chi connectivity index (χ1v) is 5.82. The van der Waals surface area contributed by atoms with Gasteiger partial charge in [0.05, 0.1) is 0 Å². The van der Waals surface area contributed by atoms with E-state index < -0.39 is 0 Å². The van der Waals surface area contributed by atoms with Crippen LogP contribution in [0.5, 0.6) is 0 Å². The van der Waals surface area contributed by atoms with Crippen molar-refractivity contribution in [3.8, 4) is 0 Å². The maximum absolute atomic E-state index is 11.6. The fraction of sp³-hybridized carbons (Fsp3) is 0.364. The second kappa shape index (κ2) is 3.88. The first-order chi connectivity index (χ1) is 6.66. The van der Waals surface area contributed by atoms with Gasteiger partial charge in [-0.1, -0.05) is 0 Å². The van der Waals surface area contributed by atoms with Crippen molar-refractivity contribution in [1.82, 2.24) is 5.32 Å². The predicted molar refractivity (Wildman–Crippen MR) is 64.4 cm³/mol. The number of hydrogen-bond acceptors (Lipinski definition) is 1. The third-order valence-corrected chi connectivity index (χ3v) is 3.54. The van der Waals surface area contributed by atoms with Crippen LogP contribution in [0.4, 0.5) is 0 Å². The van der Waals surface area contributed by atoms with Crippen molar-refractivity contribution < 1.29 is 4.79 Å². The van der Waals surface area contributed by atoms with Crippen LogP contribution in [0.25, 0.3) is 0 Å². The minimum atomic E-state index is 0.0620. The molecular formula is C11H12INO. The van der Waals surface area contributed by atoms with Gasteiger partial charge in [0.1, 0.15) is 0 Å². The van der Waals surface area contributed by atoms with Crippen molar-refractivity contribution in [3.63, 3.8) is 0 Å². The molecule has 1 fully saturated rings. The number of rotatable bonds is 2. The van der Waals surface area contributed by atoms with Crippen LogP contribution in [-0.4, -0.2) is 11.9 Å². The normalized spacial score (nSPS) is 15.3. The summed E-state index contributed by atoms with van der Waals surface area (Å²) in [5.74, 6) is 0.0620. The fourth-order valence-electron chi connectivity index (χ4n) is 1.28. The third kappa shape index (κ3) is 2.26. The summed E-state index contributed by atoms with van der Waals surface area (Å²) in [5.41, 5.74) is 1.93. The molecule has 1 aromatic rings. The molecule has 0 aliphatic heterocycles. The summed E-state index contributed by atoms with van der Waals surface area (Å²) in [6, 6.07) is 6.24. The number of halogens is 1. The molecule has 0 unspecified atom stereocenters. The summed E-state index contributed by atoms with van der Waals surface area (Å²) >= 11 is 2.27. The Morgan fingerprint density at radius 3 is 2.79 bits per heavy atom. The molecule has 2 nitrogen and oxygen atoms in total. The maximum Gasteiger partial charge on any atom is 0.251 e. The molecular weight excluding hydrogens is 289 g/mol. The van der Waals surface area contributed by atoms with E-state index in [1.807, 2.05) is 25.1 Å². The zero-order valence-electron chi connectivity index (χ0n) is 8.01. The number of nitrogens with one attached hydrogen (secondary N) is 1. The van der Waals surface area contributed by atoms with Crippen molar-refractivity contribution in [3.05, 3.63) is 32.9 Å². The van der Waals surface area contributed by atoms with Crippen molar-refractivity contribution in [1.29, 1.82) is 0 Å². The van der Waals surface area contributed by atoms with Gasteiger partial charge in [-0.05, 0) is 66.1 Å². The highest BCUT2D eigenvalue weighted by atomic mass is 127. The van der Waals surface area contributed by atoms with Gasteiger partial charge in [-0.25, -0.2) is 0 Å². The van der Waals surface area contributed by atoms with Crippen LogP contribution in [0.1, 0.15) is 28.8 Å². The summed E-state index contributed by atoms with van der Waals surface area (Å²) in [6.07, 6.45) is 2.27. The molecule has 0 heterocycles. The first kappa shape index (κ1) is 9.96. The molecule has 1 N–H and O–H groups in total. The highest BCUT2D eigenvalue weighted by Crippen LogP contribution is 2.20. The zero-order valence-corrected chi connectivity index (χ0v) is 10.2. The standard InChI is InChI=1S/C11H12INO/c1-7-6-8(2-5-10(7)12)11(14)13-9-3-4-9/h2,5-6,9H,3-4H2,1H3,(H,13,14). The van der Waals surface area contributed by atoms with E-state index in [9.17, 15) is 4.79 Å². The van der Waals surface area contributed by atoms with E-state index in [1.165, 1.54) is 3.57 Å². The van der Waals surface area contributed by atoms with Crippen LogP contribution in [0.2, 0.25) is 0 Å². The molecule has 0 atom stereocenters. The van der Waals surface area contributed by atoms with Crippen LogP contribution >= 0.6 is 22.6 Å². The lowest BCUT2D eigenvalue weighted by molar-refractivity contribution is 0.0951. The van der Waals surface area contributed by atoms with Crippen LogP contribution in [-0.2, 0) is 0 Å². The number of amides is 1. The van der Waals surface area contributed by atoms with Gasteiger partial charge in [0.15, 0.2) is 0 Å². The molecule has 1 aliphatic carbocycles. The lowest BCUT2D eigenvalue weighted by Gasteiger charge is -2.04. The Labute approximate surface area is 97.2 Å². The van der Waals surface area contributed by atoms with Gasteiger partial charge in [0.25, 0.3) is 5.91 Å². The quantitative estimate of drug-likeness (QED) is 0.836. The van der Waals surface area contributed by atoms with E-state index >= 15 is 0 Å². The highest BCUT2D eigenvalue weighted by Gasteiger charge is 2.23. The Bertz CT molecular complexity index is 372. The summed E-state index contributed by atoms with van der Waals surface area (Å²) in [4.78, 5) is 11.6. The molecule has 14 heavy (non-hydrogen) atoms. The summed E-state index contributed by atoms with van der Waals surface area (Å²) in [5, 5.41) is 2.98. The minimum absolute atomic E-state index is 0.0620. The molecule has 0 spiro atoms. The average molecular weight is 301 g/mol. The monoisotopic (exact) mass is 301 g/mol. The summed E-state index contributed by atoms with van der Waals surface area (Å²) in [7, 11) is 0. The number of carbonyl (C=O) groups excluding carboxylic acids is 1. The summed E-state index contributed by atoms with van der Waals surface area (Å²) < 4.78 is 1.20. The molecule has 1 aliphatic rings. The van der Waals surface area contributed by atoms with E-state index in [1.54, 1.807) is 0 Å². The number of carbonyl (C=O) groups is 1. The van der Waals surface area contributed by atoms with Crippen molar-refractivity contribution in [2.45, 2.75) is 25.8 Å². The second-order valence-electron chi connectivity index (χ2n) is 3.71. The molecule has 2 rings (SSSR count). The van der Waals surface area contributed by atoms with E-state index in [0.717, 1.165) is 24.0 Å². The molecule has 3 heteroatoms. The van der Waals surface area contributed by atoms with Crippen molar-refractivity contribution >= 4 is 28.5 Å². The number of hydrogen-bond donors (Lipinski definition) is 1. The Morgan fingerprint density at radius 1 is 1.50 bits per heavy atom.